The molecule has 0 atom stereocenters. The number of nitrogens with zero attached hydrogens (tertiary/aromatic N) is 2. The van der Waals surface area contributed by atoms with E-state index in [9.17, 15) is 9.59 Å². The van der Waals surface area contributed by atoms with Gasteiger partial charge in [0.2, 0.25) is 0 Å². The average Bonchev–Trinajstić information content (AvgIpc) is 2.92. The summed E-state index contributed by atoms with van der Waals surface area (Å²) in [6.07, 6.45) is 29.2. The number of hydrogen-bond donors (Lipinski definition) is 0. The number of unbranched alkanes of at least 4 members (excludes halogenated alkanes) is 20. The molecule has 0 aromatic rings. The first-order chi connectivity index (χ1) is 20.1. The molecule has 0 amide bonds. The van der Waals surface area contributed by atoms with Crippen LogP contribution < -0.4 is 24.8 Å². The van der Waals surface area contributed by atoms with E-state index in [4.69, 9.17) is 9.47 Å². The Hall–Kier alpha value is -0.560. The molecule has 0 aromatic carbocycles. The van der Waals surface area contributed by atoms with Crippen LogP contribution in [-0.4, -0.2) is 88.5 Å². The fraction of sp³-hybridized carbons (Fsp3) is 0.944. The van der Waals surface area contributed by atoms with E-state index in [2.05, 4.69) is 42.0 Å². The highest BCUT2D eigenvalue weighted by Gasteiger charge is 2.22. The molecule has 0 aliphatic carbocycles. The van der Waals surface area contributed by atoms with Gasteiger partial charge in [-0.05, 0) is 25.7 Å². The number of likely N-dealkylation sites (N-methyl/N-ethyl adjacent to an activating group) is 2. The molecule has 0 N–H and O–H groups in total. The summed E-state index contributed by atoms with van der Waals surface area (Å²) in [5, 5.41) is 0. The summed E-state index contributed by atoms with van der Waals surface area (Å²) < 4.78 is 12.0. The Morgan fingerprint density at radius 2 is 0.636 bits per heavy atom. The van der Waals surface area contributed by atoms with E-state index >= 15 is 0 Å². The zero-order valence-electron chi connectivity index (χ0n) is 30.1. The smallest absolute Gasteiger partial charge is 0.361 e. The molecule has 6 nitrogen and oxygen atoms in total. The number of hydrogen-bond acceptors (Lipinski definition) is 4. The summed E-state index contributed by atoms with van der Waals surface area (Å²) in [5.41, 5.74) is 0. The number of carbonyl (C=O) groups excluding carboxylic acids is 2. The van der Waals surface area contributed by atoms with Crippen LogP contribution in [0.25, 0.3) is 0 Å². The minimum Gasteiger partial charge on any atom is -1.00 e. The van der Waals surface area contributed by atoms with E-state index in [0.717, 1.165) is 25.9 Å². The zero-order valence-corrected chi connectivity index (χ0v) is 31.6. The van der Waals surface area contributed by atoms with Gasteiger partial charge in [0.1, 0.15) is 13.2 Å². The highest BCUT2D eigenvalue weighted by molar-refractivity contribution is 5.71. The van der Waals surface area contributed by atoms with E-state index in [1.807, 2.05) is 0 Å². The van der Waals surface area contributed by atoms with Gasteiger partial charge in [0.25, 0.3) is 0 Å². The van der Waals surface area contributed by atoms with Crippen LogP contribution >= 0.6 is 0 Å². The van der Waals surface area contributed by atoms with Crippen LogP contribution in [0.3, 0.4) is 0 Å². The minimum atomic E-state index is -0.216. The molecule has 0 aliphatic heterocycles. The molecule has 0 fully saturated rings. The van der Waals surface area contributed by atoms with Crippen LogP contribution in [0.5, 0.6) is 0 Å². The SMILES string of the molecule is CCCCCCCCCCCCC[N+](C)(C)CC(=O)OCCOC(=O)C[N+](C)(C)CCCCCCCCCCCCC.[Cl-].[Cl-]. The Morgan fingerprint density at radius 3 is 0.886 bits per heavy atom. The quantitative estimate of drug-likeness (QED) is 0.0648. The van der Waals surface area contributed by atoms with Gasteiger partial charge in [-0.3, -0.25) is 0 Å². The van der Waals surface area contributed by atoms with Gasteiger partial charge in [-0.15, -0.1) is 0 Å². The second-order valence-electron chi connectivity index (χ2n) is 14.1. The van der Waals surface area contributed by atoms with Crippen molar-refractivity contribution >= 4 is 11.9 Å². The summed E-state index contributed by atoms with van der Waals surface area (Å²) in [4.78, 5) is 24.7. The van der Waals surface area contributed by atoms with E-state index in [1.54, 1.807) is 0 Å². The molecule has 0 bridgehead atoms. The maximum absolute atomic E-state index is 12.3. The normalized spacial score (nSPS) is 11.5. The van der Waals surface area contributed by atoms with Crippen molar-refractivity contribution in [2.75, 3.05) is 67.6 Å². The van der Waals surface area contributed by atoms with Gasteiger partial charge in [0, 0.05) is 0 Å². The minimum absolute atomic E-state index is 0. The molecule has 0 aromatic heterocycles. The highest BCUT2D eigenvalue weighted by Crippen LogP contribution is 2.14. The summed E-state index contributed by atoms with van der Waals surface area (Å²) in [6, 6.07) is 0. The first-order valence-electron chi connectivity index (χ1n) is 18.1. The lowest BCUT2D eigenvalue weighted by molar-refractivity contribution is -0.883. The Balaban J connectivity index is -0.00000840. The number of esters is 2. The molecule has 0 unspecified atom stereocenters. The lowest BCUT2D eigenvalue weighted by Crippen LogP contribution is -3.00. The molecule has 8 heteroatoms. The van der Waals surface area contributed by atoms with Gasteiger partial charge in [0.05, 0.1) is 41.3 Å². The number of ether oxygens (including phenoxy) is 2. The van der Waals surface area contributed by atoms with Crippen molar-refractivity contribution in [3.8, 4) is 0 Å². The standard InChI is InChI=1S/C36H74N2O4.2ClH/c1-7-9-11-13-15-17-19-21-23-25-27-29-37(3,4)33-35(39)41-31-32-42-36(40)34-38(5,6)30-28-26-24-22-20-18-16-14-12-10-8-2;;/h7-34H2,1-6H3;2*1H/q+2;;/p-2. The first-order valence-corrected chi connectivity index (χ1v) is 18.1. The van der Waals surface area contributed by atoms with Crippen LogP contribution in [0.15, 0.2) is 0 Å². The third kappa shape index (κ3) is 34.3. The van der Waals surface area contributed by atoms with Crippen molar-refractivity contribution in [1.29, 1.82) is 0 Å². The molecule has 266 valence electrons. The number of quaternary nitrogens is 2. The fourth-order valence-corrected chi connectivity index (χ4v) is 5.67. The molecular formula is C36H74Cl2N2O4. The highest BCUT2D eigenvalue weighted by atomic mass is 35.5. The van der Waals surface area contributed by atoms with Crippen LogP contribution in [0.1, 0.15) is 155 Å². The van der Waals surface area contributed by atoms with Gasteiger partial charge in [0.15, 0.2) is 13.1 Å². The van der Waals surface area contributed by atoms with Crippen molar-refractivity contribution < 1.29 is 52.8 Å². The van der Waals surface area contributed by atoms with Crippen molar-refractivity contribution in [2.24, 2.45) is 0 Å². The second kappa shape index (κ2) is 32.4. The molecular weight excluding hydrogens is 595 g/mol. The predicted octanol–water partition coefficient (Wildman–Crippen LogP) is 2.86. The number of halogens is 2. The average molecular weight is 670 g/mol. The molecule has 0 aliphatic rings. The van der Waals surface area contributed by atoms with Crippen LogP contribution in [-0.2, 0) is 19.1 Å². The van der Waals surface area contributed by atoms with E-state index < -0.39 is 0 Å². The molecule has 0 saturated carbocycles. The van der Waals surface area contributed by atoms with Gasteiger partial charge in [-0.2, -0.15) is 0 Å². The van der Waals surface area contributed by atoms with Crippen LogP contribution in [0.2, 0.25) is 0 Å². The fourth-order valence-electron chi connectivity index (χ4n) is 5.67. The Morgan fingerprint density at radius 1 is 0.409 bits per heavy atom. The summed E-state index contributed by atoms with van der Waals surface area (Å²) in [7, 11) is 8.36. The summed E-state index contributed by atoms with van der Waals surface area (Å²) in [6.45, 7) is 7.47. The number of carbonyl (C=O) groups is 2. The third-order valence-corrected chi connectivity index (χ3v) is 8.46. The maximum atomic E-state index is 12.3. The number of rotatable bonds is 31. The Bertz CT molecular complexity index is 594. The molecule has 0 spiro atoms. The van der Waals surface area contributed by atoms with E-state index in [1.165, 1.54) is 128 Å². The van der Waals surface area contributed by atoms with Gasteiger partial charge in [-0.25, -0.2) is 9.59 Å². The van der Waals surface area contributed by atoms with Crippen LogP contribution in [0.4, 0.5) is 0 Å². The second-order valence-corrected chi connectivity index (χ2v) is 14.1. The summed E-state index contributed by atoms with van der Waals surface area (Å²) >= 11 is 0. The van der Waals surface area contributed by atoms with E-state index in [0.29, 0.717) is 22.1 Å². The summed E-state index contributed by atoms with van der Waals surface area (Å²) in [5.74, 6) is -0.432. The van der Waals surface area contributed by atoms with Crippen molar-refractivity contribution in [3.63, 3.8) is 0 Å². The van der Waals surface area contributed by atoms with Gasteiger partial charge >= 0.3 is 11.9 Å². The first kappa shape index (κ1) is 47.8. The largest absolute Gasteiger partial charge is 1.00 e. The van der Waals surface area contributed by atoms with Crippen molar-refractivity contribution in [3.05, 3.63) is 0 Å². The Labute approximate surface area is 286 Å². The van der Waals surface area contributed by atoms with Gasteiger partial charge in [-0.1, -0.05) is 129 Å². The van der Waals surface area contributed by atoms with E-state index in [-0.39, 0.29) is 50.0 Å². The Kier molecular flexibility index (Phi) is 35.2. The lowest BCUT2D eigenvalue weighted by Gasteiger charge is -2.29. The predicted molar refractivity (Wildman–Crippen MR) is 179 cm³/mol. The monoisotopic (exact) mass is 669 g/mol. The molecule has 0 radical (unpaired) electrons. The maximum Gasteiger partial charge on any atom is 0.361 e. The van der Waals surface area contributed by atoms with Crippen LogP contribution in [0, 0.1) is 0 Å². The zero-order chi connectivity index (χ0) is 31.4. The molecule has 0 heterocycles. The topological polar surface area (TPSA) is 52.6 Å². The molecule has 44 heavy (non-hydrogen) atoms. The van der Waals surface area contributed by atoms with Gasteiger partial charge < -0.3 is 43.3 Å². The third-order valence-electron chi connectivity index (χ3n) is 8.46. The van der Waals surface area contributed by atoms with Crippen molar-refractivity contribution in [2.45, 2.75) is 155 Å². The lowest BCUT2D eigenvalue weighted by atomic mass is 10.1. The molecule has 0 rings (SSSR count). The molecule has 0 saturated heterocycles. The van der Waals surface area contributed by atoms with Crippen molar-refractivity contribution in [1.82, 2.24) is 0 Å².